The fraction of sp³-hybridized carbons (Fsp3) is 0.765. The lowest BCUT2D eigenvalue weighted by atomic mass is 9.81. The van der Waals surface area contributed by atoms with Crippen LogP contribution in [0.15, 0.2) is 0 Å². The molecule has 3 amide bonds. The molecule has 146 valence electrons. The Morgan fingerprint density at radius 1 is 1.27 bits per heavy atom. The number of likely N-dealkylation sites (tertiary alicyclic amines) is 1. The molecule has 0 aromatic carbocycles. The molecule has 2 aliphatic rings. The fourth-order valence-electron chi connectivity index (χ4n) is 3.42. The second kappa shape index (κ2) is 9.75. The maximum absolute atomic E-state index is 12.6. The summed E-state index contributed by atoms with van der Waals surface area (Å²) in [5, 5.41) is 2.19. The second-order valence-corrected chi connectivity index (χ2v) is 8.35. The summed E-state index contributed by atoms with van der Waals surface area (Å²) in [5.41, 5.74) is 0. The standard InChI is InChI=1S/C17H27N3O4S2/c1-10(21)13(9-25)19-26-14-7-15(22)20(17(14)24)8-11-3-5-12(6-4-11)16(23)18-2/h11-14,19,25H,3-9H2,1-2H3,(H,18,23)/t11?,12?,13-,14?/m0/s1. The summed E-state index contributed by atoms with van der Waals surface area (Å²) in [6.07, 6.45) is 3.43. The van der Waals surface area contributed by atoms with Gasteiger partial charge in [-0.3, -0.25) is 28.8 Å². The van der Waals surface area contributed by atoms with Crippen LogP contribution in [0.25, 0.3) is 0 Å². The molecule has 26 heavy (non-hydrogen) atoms. The number of carbonyl (C=O) groups is 4. The number of hydrogen-bond donors (Lipinski definition) is 3. The molecule has 1 heterocycles. The van der Waals surface area contributed by atoms with Gasteiger partial charge >= 0.3 is 0 Å². The molecule has 1 aliphatic carbocycles. The Morgan fingerprint density at radius 3 is 2.46 bits per heavy atom. The first-order valence-corrected chi connectivity index (χ1v) is 10.5. The highest BCUT2D eigenvalue weighted by Gasteiger charge is 2.41. The van der Waals surface area contributed by atoms with Gasteiger partial charge in [-0.1, -0.05) is 11.9 Å². The zero-order valence-corrected chi connectivity index (χ0v) is 16.9. The van der Waals surface area contributed by atoms with Crippen LogP contribution in [0.1, 0.15) is 39.0 Å². The number of thiol groups is 1. The largest absolute Gasteiger partial charge is 0.359 e. The number of imide groups is 1. The lowest BCUT2D eigenvalue weighted by molar-refractivity contribution is -0.139. The van der Waals surface area contributed by atoms with Crippen molar-refractivity contribution in [1.29, 1.82) is 0 Å². The SMILES string of the molecule is CNC(=O)C1CCC(CN2C(=O)CC(SN[C@@H](CS)C(C)=O)C2=O)CC1. The van der Waals surface area contributed by atoms with E-state index in [1.165, 1.54) is 11.8 Å². The number of rotatable bonds is 8. The smallest absolute Gasteiger partial charge is 0.244 e. The number of nitrogens with one attached hydrogen (secondary N) is 2. The van der Waals surface area contributed by atoms with Gasteiger partial charge in [-0.15, -0.1) is 0 Å². The van der Waals surface area contributed by atoms with Crippen molar-refractivity contribution in [1.82, 2.24) is 14.9 Å². The minimum absolute atomic E-state index is 0.0403. The quantitative estimate of drug-likeness (QED) is 0.316. The normalized spacial score (nSPS) is 27.5. The Morgan fingerprint density at radius 2 is 1.92 bits per heavy atom. The molecule has 1 aliphatic heterocycles. The van der Waals surface area contributed by atoms with Crippen LogP contribution >= 0.6 is 24.6 Å². The Hall–Kier alpha value is -1.06. The van der Waals surface area contributed by atoms with Crippen LogP contribution in [-0.2, 0) is 19.2 Å². The zero-order valence-electron chi connectivity index (χ0n) is 15.2. The van der Waals surface area contributed by atoms with Crippen LogP contribution in [0.2, 0.25) is 0 Å². The van der Waals surface area contributed by atoms with E-state index in [2.05, 4.69) is 22.7 Å². The van der Waals surface area contributed by atoms with Gasteiger partial charge in [0.05, 0.1) is 6.04 Å². The van der Waals surface area contributed by atoms with E-state index < -0.39 is 11.3 Å². The van der Waals surface area contributed by atoms with E-state index in [4.69, 9.17) is 0 Å². The van der Waals surface area contributed by atoms with Crippen molar-refractivity contribution in [3.05, 3.63) is 0 Å². The van der Waals surface area contributed by atoms with Crippen molar-refractivity contribution < 1.29 is 19.2 Å². The number of hydrogen-bond acceptors (Lipinski definition) is 7. The Kier molecular flexibility index (Phi) is 7.97. The molecule has 2 N–H and O–H groups in total. The summed E-state index contributed by atoms with van der Waals surface area (Å²) in [4.78, 5) is 49.3. The average molecular weight is 402 g/mol. The predicted molar refractivity (Wildman–Crippen MR) is 104 cm³/mol. The van der Waals surface area contributed by atoms with Crippen LogP contribution in [0.5, 0.6) is 0 Å². The monoisotopic (exact) mass is 401 g/mol. The van der Waals surface area contributed by atoms with E-state index >= 15 is 0 Å². The van der Waals surface area contributed by atoms with Crippen LogP contribution in [-0.4, -0.2) is 59.0 Å². The fourth-order valence-corrected chi connectivity index (χ4v) is 4.92. The van der Waals surface area contributed by atoms with Crippen LogP contribution in [0.4, 0.5) is 0 Å². The highest BCUT2D eigenvalue weighted by Crippen LogP contribution is 2.32. The molecule has 9 heteroatoms. The van der Waals surface area contributed by atoms with E-state index in [9.17, 15) is 19.2 Å². The molecular weight excluding hydrogens is 374 g/mol. The van der Waals surface area contributed by atoms with E-state index in [1.54, 1.807) is 7.05 Å². The number of carbonyl (C=O) groups excluding carboxylic acids is 4. The number of ketones is 1. The lowest BCUT2D eigenvalue weighted by Crippen LogP contribution is -2.39. The molecule has 7 nitrogen and oxygen atoms in total. The number of Topliss-reactive ketones (excluding diaryl/α,β-unsaturated/α-hetero) is 1. The molecule has 0 aromatic heterocycles. The Labute approximate surface area is 163 Å². The van der Waals surface area contributed by atoms with Crippen LogP contribution in [0.3, 0.4) is 0 Å². The van der Waals surface area contributed by atoms with E-state index in [-0.39, 0.29) is 41.8 Å². The molecule has 2 atom stereocenters. The van der Waals surface area contributed by atoms with Gasteiger partial charge in [-0.25, -0.2) is 0 Å². The highest BCUT2D eigenvalue weighted by atomic mass is 32.2. The molecule has 0 radical (unpaired) electrons. The molecule has 0 aromatic rings. The summed E-state index contributed by atoms with van der Waals surface area (Å²) in [7, 11) is 1.65. The molecule has 0 spiro atoms. The van der Waals surface area contributed by atoms with Gasteiger partial charge in [0.25, 0.3) is 0 Å². The van der Waals surface area contributed by atoms with Crippen LogP contribution in [0, 0.1) is 11.8 Å². The molecule has 1 saturated heterocycles. The lowest BCUT2D eigenvalue weighted by Gasteiger charge is -2.29. The van der Waals surface area contributed by atoms with Crippen molar-refractivity contribution in [2.24, 2.45) is 11.8 Å². The summed E-state index contributed by atoms with van der Waals surface area (Å²) in [6, 6.07) is -0.430. The van der Waals surface area contributed by atoms with Crippen molar-refractivity contribution >= 4 is 48.1 Å². The summed E-state index contributed by atoms with van der Waals surface area (Å²) >= 11 is 5.26. The van der Waals surface area contributed by atoms with Gasteiger partial charge in [-0.2, -0.15) is 12.6 Å². The van der Waals surface area contributed by atoms with Gasteiger partial charge in [-0.05, 0) is 38.5 Å². The van der Waals surface area contributed by atoms with Gasteiger partial charge in [0, 0.05) is 31.7 Å². The third-order valence-electron chi connectivity index (χ3n) is 5.13. The molecule has 1 unspecified atom stereocenters. The van der Waals surface area contributed by atoms with Crippen molar-refractivity contribution in [2.45, 2.75) is 50.3 Å². The van der Waals surface area contributed by atoms with Gasteiger partial charge in [0.1, 0.15) is 11.0 Å². The van der Waals surface area contributed by atoms with Crippen molar-refractivity contribution in [3.63, 3.8) is 0 Å². The minimum atomic E-state index is -0.494. The summed E-state index contributed by atoms with van der Waals surface area (Å²) in [6.45, 7) is 1.90. The molecule has 1 saturated carbocycles. The first kappa shape index (κ1) is 21.2. The molecule has 2 fully saturated rings. The van der Waals surface area contributed by atoms with Gasteiger partial charge < -0.3 is 5.32 Å². The number of nitrogens with zero attached hydrogens (tertiary/aromatic N) is 1. The maximum atomic E-state index is 12.6. The number of amides is 3. The summed E-state index contributed by atoms with van der Waals surface area (Å²) in [5.74, 6) is 0.310. The van der Waals surface area contributed by atoms with Crippen molar-refractivity contribution in [3.8, 4) is 0 Å². The molecular formula is C17H27N3O4S2. The third kappa shape index (κ3) is 5.23. The Balaban J connectivity index is 1.83. The van der Waals surface area contributed by atoms with Crippen LogP contribution < -0.4 is 10.0 Å². The predicted octanol–water partition coefficient (Wildman–Crippen LogP) is 0.791. The third-order valence-corrected chi connectivity index (χ3v) is 6.57. The first-order chi connectivity index (χ1) is 12.4. The molecule has 0 bridgehead atoms. The Bertz CT molecular complexity index is 564. The van der Waals surface area contributed by atoms with E-state index in [0.29, 0.717) is 12.3 Å². The van der Waals surface area contributed by atoms with Gasteiger partial charge in [0.15, 0.2) is 0 Å². The van der Waals surface area contributed by atoms with E-state index in [1.807, 2.05) is 0 Å². The first-order valence-electron chi connectivity index (χ1n) is 8.95. The summed E-state index contributed by atoms with van der Waals surface area (Å²) < 4.78 is 2.96. The van der Waals surface area contributed by atoms with Crippen molar-refractivity contribution in [2.75, 3.05) is 19.3 Å². The van der Waals surface area contributed by atoms with E-state index in [0.717, 1.165) is 37.6 Å². The molecule has 2 rings (SSSR count). The average Bonchev–Trinajstić information content (AvgIpc) is 2.89. The maximum Gasteiger partial charge on any atom is 0.244 e. The second-order valence-electron chi connectivity index (χ2n) is 6.95. The zero-order chi connectivity index (χ0) is 19.3. The highest BCUT2D eigenvalue weighted by molar-refractivity contribution is 7.98. The topological polar surface area (TPSA) is 95.6 Å². The van der Waals surface area contributed by atoms with Gasteiger partial charge in [0.2, 0.25) is 17.7 Å². The minimum Gasteiger partial charge on any atom is -0.359 e.